The molecule has 1 saturated heterocycles. The van der Waals surface area contributed by atoms with E-state index in [1.807, 2.05) is 18.7 Å². The van der Waals surface area contributed by atoms with Crippen molar-refractivity contribution in [2.75, 3.05) is 31.6 Å². The molecule has 1 aromatic heterocycles. The fourth-order valence-electron chi connectivity index (χ4n) is 3.52. The molecule has 0 saturated carbocycles. The molecule has 168 valence electrons. The first kappa shape index (κ1) is 22.9. The number of rotatable bonds is 9. The summed E-state index contributed by atoms with van der Waals surface area (Å²) >= 11 is 0. The van der Waals surface area contributed by atoms with Crippen LogP contribution in [0.25, 0.3) is 0 Å². The Hall–Kier alpha value is -2.78. The van der Waals surface area contributed by atoms with E-state index in [1.54, 1.807) is 30.5 Å². The summed E-state index contributed by atoms with van der Waals surface area (Å²) in [6, 6.07) is 6.95. The van der Waals surface area contributed by atoms with Crippen molar-refractivity contribution in [2.24, 2.45) is 0 Å². The highest BCUT2D eigenvalue weighted by molar-refractivity contribution is 6.03. The van der Waals surface area contributed by atoms with Gasteiger partial charge in [-0.3, -0.25) is 9.59 Å². The number of aromatic nitrogens is 3. The number of nitrogens with zero attached hydrogens (tertiary/aromatic N) is 4. The second-order valence-electron chi connectivity index (χ2n) is 7.40. The van der Waals surface area contributed by atoms with Gasteiger partial charge in [-0.25, -0.2) is 4.68 Å². The predicted octanol–water partition coefficient (Wildman–Crippen LogP) is 2.95. The Balaban J connectivity index is 1.57. The van der Waals surface area contributed by atoms with E-state index in [0.717, 1.165) is 25.9 Å². The highest BCUT2D eigenvalue weighted by atomic mass is 16.7. The van der Waals surface area contributed by atoms with E-state index >= 15 is 0 Å². The molecule has 0 unspecified atom stereocenters. The third-order valence-corrected chi connectivity index (χ3v) is 5.10. The van der Waals surface area contributed by atoms with Crippen molar-refractivity contribution in [2.45, 2.75) is 52.4 Å². The van der Waals surface area contributed by atoms with Crippen LogP contribution in [0.4, 0.5) is 5.69 Å². The second kappa shape index (κ2) is 11.6. The summed E-state index contributed by atoms with van der Waals surface area (Å²) in [6.45, 7) is 6.76. The van der Waals surface area contributed by atoms with Gasteiger partial charge in [-0.1, -0.05) is 18.1 Å². The zero-order chi connectivity index (χ0) is 22.1. The Bertz CT molecular complexity index is 838. The lowest BCUT2D eigenvalue weighted by Gasteiger charge is -2.20. The molecule has 9 heteroatoms. The fraction of sp³-hybridized carbons (Fsp3) is 0.545. The Morgan fingerprint density at radius 3 is 2.29 bits per heavy atom. The van der Waals surface area contributed by atoms with Gasteiger partial charge in [0, 0.05) is 37.6 Å². The molecule has 1 aliphatic rings. The monoisotopic (exact) mass is 429 g/mol. The first-order chi connectivity index (χ1) is 15.1. The lowest BCUT2D eigenvalue weighted by atomic mass is 10.1. The lowest BCUT2D eigenvalue weighted by molar-refractivity contribution is -0.145. The summed E-state index contributed by atoms with van der Waals surface area (Å²) in [7, 11) is 0. The number of hydrogen-bond donors (Lipinski definition) is 1. The molecule has 1 N–H and O–H groups in total. The molecule has 0 spiro atoms. The predicted molar refractivity (Wildman–Crippen MR) is 116 cm³/mol. The number of likely N-dealkylation sites (tertiary alicyclic amines) is 1. The van der Waals surface area contributed by atoms with Crippen LogP contribution in [0.1, 0.15) is 60.4 Å². The molecule has 1 fully saturated rings. The van der Waals surface area contributed by atoms with Crippen molar-refractivity contribution in [1.82, 2.24) is 19.9 Å². The summed E-state index contributed by atoms with van der Waals surface area (Å²) in [4.78, 5) is 27.1. The summed E-state index contributed by atoms with van der Waals surface area (Å²) in [5, 5.41) is 10.7. The Morgan fingerprint density at radius 2 is 1.68 bits per heavy atom. The first-order valence-corrected chi connectivity index (χ1v) is 10.9. The topological polar surface area (TPSA) is 98.6 Å². The number of carbonyl (C=O) groups is 2. The largest absolute Gasteiger partial charge is 0.351 e. The van der Waals surface area contributed by atoms with Crippen molar-refractivity contribution in [3.63, 3.8) is 0 Å². The van der Waals surface area contributed by atoms with Crippen LogP contribution < -0.4 is 5.32 Å². The average molecular weight is 430 g/mol. The van der Waals surface area contributed by atoms with E-state index in [0.29, 0.717) is 31.0 Å². The van der Waals surface area contributed by atoms with E-state index in [1.165, 1.54) is 17.5 Å². The maximum Gasteiger partial charge on any atom is 0.277 e. The van der Waals surface area contributed by atoms with Crippen molar-refractivity contribution in [1.29, 1.82) is 0 Å². The van der Waals surface area contributed by atoms with E-state index in [-0.39, 0.29) is 17.5 Å². The van der Waals surface area contributed by atoms with Crippen molar-refractivity contribution >= 4 is 17.5 Å². The van der Waals surface area contributed by atoms with Gasteiger partial charge in [0.2, 0.25) is 0 Å². The SMILES string of the molecule is CCOC(Cn1cc(C(=O)Nc2ccc(C(=O)N3CCCCCC3)cc2)nn1)OCC. The van der Waals surface area contributed by atoms with E-state index in [2.05, 4.69) is 15.6 Å². The highest BCUT2D eigenvalue weighted by Gasteiger charge is 2.18. The van der Waals surface area contributed by atoms with Crippen LogP contribution in [0, 0.1) is 0 Å². The van der Waals surface area contributed by atoms with Crippen LogP contribution in [0.2, 0.25) is 0 Å². The zero-order valence-electron chi connectivity index (χ0n) is 18.2. The van der Waals surface area contributed by atoms with Crippen LogP contribution >= 0.6 is 0 Å². The number of nitrogens with one attached hydrogen (secondary N) is 1. The number of carbonyl (C=O) groups excluding carboxylic acids is 2. The van der Waals surface area contributed by atoms with Gasteiger partial charge in [-0.15, -0.1) is 5.10 Å². The third kappa shape index (κ3) is 6.60. The van der Waals surface area contributed by atoms with Gasteiger partial charge in [0.25, 0.3) is 11.8 Å². The quantitative estimate of drug-likeness (QED) is 0.616. The van der Waals surface area contributed by atoms with Crippen molar-refractivity contribution in [3.05, 3.63) is 41.7 Å². The maximum atomic E-state index is 12.7. The molecule has 2 heterocycles. The normalized spacial score (nSPS) is 14.5. The smallest absolute Gasteiger partial charge is 0.277 e. The Morgan fingerprint density at radius 1 is 1.03 bits per heavy atom. The number of hydrogen-bond acceptors (Lipinski definition) is 6. The number of ether oxygens (including phenoxy) is 2. The van der Waals surface area contributed by atoms with E-state index < -0.39 is 6.29 Å². The summed E-state index contributed by atoms with van der Waals surface area (Å²) < 4.78 is 12.5. The molecule has 2 amide bonds. The number of benzene rings is 1. The molecule has 0 bridgehead atoms. The van der Waals surface area contributed by atoms with Gasteiger partial charge >= 0.3 is 0 Å². The molecule has 1 aromatic carbocycles. The van der Waals surface area contributed by atoms with Gasteiger partial charge in [0.05, 0.1) is 12.7 Å². The molecule has 9 nitrogen and oxygen atoms in total. The maximum absolute atomic E-state index is 12.7. The zero-order valence-corrected chi connectivity index (χ0v) is 18.2. The fourth-order valence-corrected chi connectivity index (χ4v) is 3.52. The third-order valence-electron chi connectivity index (χ3n) is 5.10. The van der Waals surface area contributed by atoms with Gasteiger partial charge in [-0.05, 0) is 51.0 Å². The second-order valence-corrected chi connectivity index (χ2v) is 7.40. The minimum atomic E-state index is -0.443. The Labute approximate surface area is 182 Å². The highest BCUT2D eigenvalue weighted by Crippen LogP contribution is 2.16. The van der Waals surface area contributed by atoms with Crippen LogP contribution in [-0.4, -0.2) is 64.3 Å². The minimum absolute atomic E-state index is 0.0425. The molecule has 31 heavy (non-hydrogen) atoms. The summed E-state index contributed by atoms with van der Waals surface area (Å²) in [6.07, 6.45) is 5.57. The molecule has 0 radical (unpaired) electrons. The van der Waals surface area contributed by atoms with Gasteiger partial charge in [0.15, 0.2) is 12.0 Å². The van der Waals surface area contributed by atoms with E-state index in [4.69, 9.17) is 9.47 Å². The summed E-state index contributed by atoms with van der Waals surface area (Å²) in [5.74, 6) is -0.330. The van der Waals surface area contributed by atoms with Crippen LogP contribution in [0.15, 0.2) is 30.5 Å². The van der Waals surface area contributed by atoms with Crippen molar-refractivity contribution < 1.29 is 19.1 Å². The molecule has 0 aliphatic carbocycles. The van der Waals surface area contributed by atoms with Crippen LogP contribution in [0.5, 0.6) is 0 Å². The van der Waals surface area contributed by atoms with Gasteiger partial charge in [0.1, 0.15) is 0 Å². The standard InChI is InChI=1S/C22H31N5O4/c1-3-30-20(31-4-2)16-27-15-19(24-25-27)21(28)23-18-11-9-17(10-12-18)22(29)26-13-7-5-6-8-14-26/h9-12,15,20H,3-8,13-14,16H2,1-2H3,(H,23,28). The van der Waals surface area contributed by atoms with E-state index in [9.17, 15) is 9.59 Å². The molecular weight excluding hydrogens is 398 g/mol. The molecule has 2 aromatic rings. The first-order valence-electron chi connectivity index (χ1n) is 10.9. The summed E-state index contributed by atoms with van der Waals surface area (Å²) in [5.41, 5.74) is 1.41. The minimum Gasteiger partial charge on any atom is -0.351 e. The molecule has 3 rings (SSSR count). The number of anilines is 1. The van der Waals surface area contributed by atoms with Crippen LogP contribution in [-0.2, 0) is 16.0 Å². The Kier molecular flexibility index (Phi) is 8.54. The molecule has 0 atom stereocenters. The van der Waals surface area contributed by atoms with Gasteiger partial charge in [-0.2, -0.15) is 0 Å². The van der Waals surface area contributed by atoms with Gasteiger partial charge < -0.3 is 19.7 Å². The van der Waals surface area contributed by atoms with Crippen molar-refractivity contribution in [3.8, 4) is 0 Å². The molecule has 1 aliphatic heterocycles. The molecular formula is C22H31N5O4. The van der Waals surface area contributed by atoms with Crippen LogP contribution in [0.3, 0.4) is 0 Å². The lowest BCUT2D eigenvalue weighted by Crippen LogP contribution is -2.31. The number of amides is 2. The average Bonchev–Trinajstić information content (AvgIpc) is 3.07.